The lowest BCUT2D eigenvalue weighted by Gasteiger charge is -2.59. The van der Waals surface area contributed by atoms with E-state index < -0.39 is 0 Å². The largest absolute Gasteiger partial charge is 0.463 e. The zero-order valence-corrected chi connectivity index (χ0v) is 22.4. The molecule has 190 valence electrons. The average Bonchev–Trinajstić information content (AvgIpc) is 3.08. The van der Waals surface area contributed by atoms with Gasteiger partial charge < -0.3 is 4.74 Å². The molecule has 0 radical (unpaired) electrons. The van der Waals surface area contributed by atoms with Crippen LogP contribution in [0.4, 0.5) is 0 Å². The van der Waals surface area contributed by atoms with E-state index in [1.807, 2.05) is 0 Å². The number of hydrogen-bond acceptors (Lipinski definition) is 4. The van der Waals surface area contributed by atoms with Gasteiger partial charge in [0.05, 0.1) is 0 Å². The van der Waals surface area contributed by atoms with Crippen LogP contribution >= 0.6 is 0 Å². The van der Waals surface area contributed by atoms with Gasteiger partial charge in [0.2, 0.25) is 0 Å². The molecule has 10 atom stereocenters. The van der Waals surface area contributed by atoms with Crippen molar-refractivity contribution in [3.63, 3.8) is 0 Å². The van der Waals surface area contributed by atoms with E-state index in [-0.39, 0.29) is 40.7 Å². The molecule has 34 heavy (non-hydrogen) atoms. The molecule has 0 aromatic rings. The van der Waals surface area contributed by atoms with Crippen LogP contribution in [0, 0.1) is 58.2 Å². The molecular weight excluding hydrogens is 424 g/mol. The second kappa shape index (κ2) is 9.21. The molecule has 0 bridgehead atoms. The van der Waals surface area contributed by atoms with Crippen LogP contribution in [0.3, 0.4) is 0 Å². The minimum absolute atomic E-state index is 0.0864. The molecule has 0 aliphatic heterocycles. The molecule has 4 aliphatic rings. The van der Waals surface area contributed by atoms with Gasteiger partial charge in [-0.2, -0.15) is 0 Å². The Labute approximate surface area is 206 Å². The maximum Gasteiger partial charge on any atom is 0.302 e. The Morgan fingerprint density at radius 2 is 1.71 bits per heavy atom. The zero-order chi connectivity index (χ0) is 25.0. The van der Waals surface area contributed by atoms with E-state index >= 15 is 0 Å². The summed E-state index contributed by atoms with van der Waals surface area (Å²) in [5.74, 6) is 2.61. The van der Waals surface area contributed by atoms with Crippen LogP contribution < -0.4 is 0 Å². The van der Waals surface area contributed by atoms with E-state index in [9.17, 15) is 14.4 Å². The number of hydrogen-bond donors (Lipinski definition) is 0. The van der Waals surface area contributed by atoms with Gasteiger partial charge in [-0.15, -0.1) is 0 Å². The van der Waals surface area contributed by atoms with Crippen LogP contribution in [-0.4, -0.2) is 23.6 Å². The average molecular weight is 471 g/mol. The molecular formula is C30H46O4. The van der Waals surface area contributed by atoms with Gasteiger partial charge in [0.1, 0.15) is 17.7 Å². The molecule has 0 aromatic carbocycles. The second-order valence-electron chi connectivity index (χ2n) is 13.2. The summed E-state index contributed by atoms with van der Waals surface area (Å²) in [6, 6.07) is 0. The highest BCUT2D eigenvalue weighted by atomic mass is 16.5. The van der Waals surface area contributed by atoms with E-state index in [1.54, 1.807) is 0 Å². The van der Waals surface area contributed by atoms with Crippen molar-refractivity contribution in [2.45, 2.75) is 99.5 Å². The van der Waals surface area contributed by atoms with Crippen molar-refractivity contribution in [2.75, 3.05) is 0 Å². The molecule has 4 aliphatic carbocycles. The maximum absolute atomic E-state index is 13.9. The van der Waals surface area contributed by atoms with E-state index in [2.05, 4.69) is 53.7 Å². The predicted molar refractivity (Wildman–Crippen MR) is 134 cm³/mol. The van der Waals surface area contributed by atoms with Gasteiger partial charge in [0, 0.05) is 31.6 Å². The molecule has 0 spiro atoms. The first-order valence-electron chi connectivity index (χ1n) is 13.8. The quantitative estimate of drug-likeness (QED) is 0.344. The number of esters is 1. The van der Waals surface area contributed by atoms with E-state index in [0.29, 0.717) is 54.0 Å². The first-order valence-corrected chi connectivity index (χ1v) is 13.8. The summed E-state index contributed by atoms with van der Waals surface area (Å²) in [6.07, 6.45) is 10.4. The van der Waals surface area contributed by atoms with E-state index in [1.165, 1.54) is 6.92 Å². The molecule has 0 unspecified atom stereocenters. The smallest absolute Gasteiger partial charge is 0.302 e. The van der Waals surface area contributed by atoms with Crippen LogP contribution in [0.5, 0.6) is 0 Å². The van der Waals surface area contributed by atoms with Gasteiger partial charge in [0.25, 0.3) is 0 Å². The Kier molecular flexibility index (Phi) is 6.94. The number of carbonyl (C=O) groups excluding carboxylic acids is 3. The Morgan fingerprint density at radius 1 is 1.00 bits per heavy atom. The van der Waals surface area contributed by atoms with Crippen LogP contribution in [0.1, 0.15) is 93.4 Å². The summed E-state index contributed by atoms with van der Waals surface area (Å²) >= 11 is 0. The Balaban J connectivity index is 1.57. The fourth-order valence-electron chi connectivity index (χ4n) is 8.65. The van der Waals surface area contributed by atoms with Gasteiger partial charge in [0.15, 0.2) is 0 Å². The topological polar surface area (TPSA) is 60.4 Å². The van der Waals surface area contributed by atoms with Gasteiger partial charge in [-0.05, 0) is 78.4 Å². The number of fused-ring (bicyclic) bond motifs is 5. The normalized spacial score (nSPS) is 43.9. The summed E-state index contributed by atoms with van der Waals surface area (Å²) in [4.78, 5) is 39.1. The van der Waals surface area contributed by atoms with Crippen LogP contribution in [-0.2, 0) is 19.1 Å². The minimum atomic E-state index is -0.249. The highest BCUT2D eigenvalue weighted by Crippen LogP contribution is 2.66. The molecule has 0 N–H and O–H groups in total. The number of Topliss-reactive ketones (excluding diaryl/α,β-unsaturated/α-hetero) is 2. The number of carbonyl (C=O) groups is 3. The minimum Gasteiger partial charge on any atom is -0.463 e. The maximum atomic E-state index is 13.9. The molecule has 4 rings (SSSR count). The molecule has 0 heterocycles. The number of allylic oxidation sites excluding steroid dienone is 2. The van der Waals surface area contributed by atoms with Crippen molar-refractivity contribution >= 4 is 17.5 Å². The molecule has 0 saturated heterocycles. The first-order chi connectivity index (χ1) is 15.9. The fourth-order valence-corrected chi connectivity index (χ4v) is 8.65. The summed E-state index contributed by atoms with van der Waals surface area (Å²) in [5.41, 5.74) is -0.235. The molecule has 0 aromatic heterocycles. The summed E-state index contributed by atoms with van der Waals surface area (Å²) in [6.45, 7) is 15.1. The zero-order valence-electron chi connectivity index (χ0n) is 22.4. The third-order valence-corrected chi connectivity index (χ3v) is 10.9. The molecule has 0 amide bonds. The summed E-state index contributed by atoms with van der Waals surface area (Å²) in [5, 5.41) is 0. The Morgan fingerprint density at radius 3 is 2.35 bits per heavy atom. The summed E-state index contributed by atoms with van der Waals surface area (Å²) < 4.78 is 5.52. The Bertz CT molecular complexity index is 858. The van der Waals surface area contributed by atoms with Crippen molar-refractivity contribution in [2.24, 2.45) is 58.2 Å². The van der Waals surface area contributed by atoms with Crippen molar-refractivity contribution in [3.8, 4) is 0 Å². The highest BCUT2D eigenvalue weighted by molar-refractivity contribution is 5.94. The van der Waals surface area contributed by atoms with Gasteiger partial charge in [-0.1, -0.05) is 53.7 Å². The monoisotopic (exact) mass is 470 g/mol. The number of ketones is 2. The molecule has 4 heteroatoms. The lowest BCUT2D eigenvalue weighted by molar-refractivity contribution is -0.175. The van der Waals surface area contributed by atoms with Gasteiger partial charge >= 0.3 is 5.97 Å². The molecule has 4 nitrogen and oxygen atoms in total. The van der Waals surface area contributed by atoms with Crippen molar-refractivity contribution in [1.29, 1.82) is 0 Å². The number of ether oxygens (including phenoxy) is 1. The van der Waals surface area contributed by atoms with Crippen molar-refractivity contribution in [1.82, 2.24) is 0 Å². The summed E-state index contributed by atoms with van der Waals surface area (Å²) in [7, 11) is 0. The standard InChI is InChI=1S/C30H46O4/c1-17(2)18(3)8-9-19(4)23-10-11-24-27-25(32)15-21-14-22(34-20(5)31)12-13-29(21,6)28(27)26(33)16-30(23,24)7/h8-9,17-19,21-24,27-28H,10-16H2,1-7H3/b9-8+/t18-,19+,21+,22-,23+,24-,27+,28-,29-,30+/m0/s1. The Hall–Kier alpha value is -1.45. The van der Waals surface area contributed by atoms with Crippen LogP contribution in [0.2, 0.25) is 0 Å². The lowest BCUT2D eigenvalue weighted by atomic mass is 9.43. The van der Waals surface area contributed by atoms with Crippen LogP contribution in [0.15, 0.2) is 12.2 Å². The van der Waals surface area contributed by atoms with E-state index in [0.717, 1.165) is 32.1 Å². The SMILES string of the molecule is CC(=O)O[C@H]1CC[C@@]2(C)[C@@H](CC(=O)[C@H]3[C@@H]4CC[C@H]([C@H](C)/C=C/[C@H](C)C(C)C)[C@@]4(C)CC(=O)[C@@H]32)C1. The lowest BCUT2D eigenvalue weighted by Crippen LogP contribution is -2.61. The van der Waals surface area contributed by atoms with Crippen molar-refractivity contribution in [3.05, 3.63) is 12.2 Å². The van der Waals surface area contributed by atoms with Gasteiger partial charge in [-0.25, -0.2) is 0 Å². The third kappa shape index (κ3) is 4.22. The first kappa shape index (κ1) is 25.6. The second-order valence-corrected chi connectivity index (χ2v) is 13.2. The third-order valence-electron chi connectivity index (χ3n) is 10.9. The number of rotatable bonds is 5. The van der Waals surface area contributed by atoms with Crippen molar-refractivity contribution < 1.29 is 19.1 Å². The van der Waals surface area contributed by atoms with Crippen LogP contribution in [0.25, 0.3) is 0 Å². The molecule has 4 fully saturated rings. The fraction of sp³-hybridized carbons (Fsp3) is 0.833. The van der Waals surface area contributed by atoms with Gasteiger partial charge in [-0.3, -0.25) is 14.4 Å². The highest BCUT2D eigenvalue weighted by Gasteiger charge is 2.66. The van der Waals surface area contributed by atoms with E-state index in [4.69, 9.17) is 4.74 Å². The predicted octanol–water partition coefficient (Wildman–Crippen LogP) is 6.42. The molecule has 4 saturated carbocycles.